The molecule has 1 amide bonds. The number of benzene rings is 2. The number of nitrogens with one attached hydrogen (secondary N) is 1. The van der Waals surface area contributed by atoms with Crippen molar-refractivity contribution in [3.63, 3.8) is 0 Å². The maximum absolute atomic E-state index is 12.8. The van der Waals surface area contributed by atoms with Crippen LogP contribution >= 0.6 is 20.0 Å². The summed E-state index contributed by atoms with van der Waals surface area (Å²) >= 11 is 5.26. The van der Waals surface area contributed by atoms with Gasteiger partial charge in [0.2, 0.25) is 0 Å². The Morgan fingerprint density at radius 2 is 1.86 bits per heavy atom. The first-order chi connectivity index (χ1) is 13.3. The smallest absolute Gasteiger partial charge is 0.404 e. The third-order valence-corrected chi connectivity index (χ3v) is 4.62. The number of carbonyl (C=O) groups excluding carboxylic acids is 1. The molecular formula is C16H14N5O5PS. The number of azide groups is 1. The molecular weight excluding hydrogens is 405 g/mol. The Labute approximate surface area is 164 Å². The van der Waals surface area contributed by atoms with Crippen molar-refractivity contribution in [2.75, 3.05) is 4.90 Å². The highest BCUT2D eigenvalue weighted by molar-refractivity contribution is 7.80. The van der Waals surface area contributed by atoms with E-state index in [0.29, 0.717) is 17.8 Å². The Bertz CT molecular complexity index is 1000. The predicted octanol–water partition coefficient (Wildman–Crippen LogP) is 2.93. The summed E-state index contributed by atoms with van der Waals surface area (Å²) in [5.41, 5.74) is 10.2. The van der Waals surface area contributed by atoms with E-state index in [1.165, 1.54) is 17.0 Å². The number of phosphoric acid groups is 1. The van der Waals surface area contributed by atoms with Crippen LogP contribution in [0, 0.1) is 0 Å². The van der Waals surface area contributed by atoms with Gasteiger partial charge in [-0.25, -0.2) is 4.57 Å². The third kappa shape index (κ3) is 4.66. The molecule has 144 valence electrons. The van der Waals surface area contributed by atoms with E-state index in [-0.39, 0.29) is 16.8 Å². The fourth-order valence-electron chi connectivity index (χ4n) is 2.69. The van der Waals surface area contributed by atoms with Crippen LogP contribution in [0.1, 0.15) is 5.56 Å². The van der Waals surface area contributed by atoms with Crippen LogP contribution in [0.2, 0.25) is 0 Å². The van der Waals surface area contributed by atoms with Crippen LogP contribution < -0.4 is 14.7 Å². The largest absolute Gasteiger partial charge is 0.524 e. The first-order valence-corrected chi connectivity index (χ1v) is 9.84. The predicted molar refractivity (Wildman–Crippen MR) is 105 cm³/mol. The van der Waals surface area contributed by atoms with Gasteiger partial charge in [0.1, 0.15) is 11.8 Å². The van der Waals surface area contributed by atoms with Crippen molar-refractivity contribution in [1.29, 1.82) is 0 Å². The Morgan fingerprint density at radius 1 is 1.21 bits per heavy atom. The minimum Gasteiger partial charge on any atom is -0.404 e. The lowest BCUT2D eigenvalue weighted by Crippen LogP contribution is -2.32. The van der Waals surface area contributed by atoms with Crippen LogP contribution in [0.25, 0.3) is 10.4 Å². The first kappa shape index (κ1) is 19.8. The van der Waals surface area contributed by atoms with E-state index in [9.17, 15) is 9.36 Å². The minimum atomic E-state index is -4.62. The lowest BCUT2D eigenvalue weighted by atomic mass is 10.1. The molecule has 28 heavy (non-hydrogen) atoms. The zero-order valence-electron chi connectivity index (χ0n) is 14.2. The number of hydrogen-bond acceptors (Lipinski definition) is 5. The quantitative estimate of drug-likeness (QED) is 0.214. The summed E-state index contributed by atoms with van der Waals surface area (Å²) < 4.78 is 15.3. The summed E-state index contributed by atoms with van der Waals surface area (Å²) in [5, 5.41) is 6.70. The fourth-order valence-corrected chi connectivity index (χ4v) is 3.43. The summed E-state index contributed by atoms with van der Waals surface area (Å²) in [6, 6.07) is 11.9. The van der Waals surface area contributed by atoms with Gasteiger partial charge in [0.15, 0.2) is 5.11 Å². The number of carbonyl (C=O) groups is 1. The topological polar surface area (TPSA) is 148 Å². The van der Waals surface area contributed by atoms with Gasteiger partial charge in [-0.15, -0.1) is 0 Å². The molecule has 3 N–H and O–H groups in total. The number of anilines is 1. The highest BCUT2D eigenvalue weighted by atomic mass is 32.1. The molecule has 0 radical (unpaired) electrons. The van der Waals surface area contributed by atoms with Crippen LogP contribution in [0.5, 0.6) is 5.75 Å². The SMILES string of the molecule is [N-]=[N+]=Nc1ccc(N2C(=O)C(Cc3ccc(OP(=O)(O)O)cc3)NC2=S)cc1. The molecule has 0 bridgehead atoms. The van der Waals surface area contributed by atoms with Gasteiger partial charge in [-0.05, 0) is 47.6 Å². The van der Waals surface area contributed by atoms with E-state index < -0.39 is 13.9 Å². The maximum Gasteiger partial charge on any atom is 0.524 e. The summed E-state index contributed by atoms with van der Waals surface area (Å²) in [6.45, 7) is 0. The second kappa shape index (κ2) is 7.97. The van der Waals surface area contributed by atoms with Gasteiger partial charge in [-0.2, -0.15) is 0 Å². The van der Waals surface area contributed by atoms with Crippen molar-refractivity contribution in [2.45, 2.75) is 12.5 Å². The zero-order chi connectivity index (χ0) is 20.3. The average molecular weight is 419 g/mol. The Balaban J connectivity index is 1.71. The molecule has 1 aliphatic rings. The highest BCUT2D eigenvalue weighted by Gasteiger charge is 2.36. The van der Waals surface area contributed by atoms with Gasteiger partial charge >= 0.3 is 7.82 Å². The van der Waals surface area contributed by atoms with Gasteiger partial charge < -0.3 is 9.84 Å². The van der Waals surface area contributed by atoms with Crippen molar-refractivity contribution >= 4 is 42.4 Å². The van der Waals surface area contributed by atoms with E-state index in [2.05, 4.69) is 19.9 Å². The normalized spacial score (nSPS) is 16.5. The number of phosphoric ester groups is 1. The number of thiocarbonyl (C=S) groups is 1. The summed E-state index contributed by atoms with van der Waals surface area (Å²) in [4.78, 5) is 34.4. The molecule has 1 atom stereocenters. The fraction of sp³-hybridized carbons (Fsp3) is 0.125. The lowest BCUT2D eigenvalue weighted by molar-refractivity contribution is -0.118. The van der Waals surface area contributed by atoms with Crippen molar-refractivity contribution in [3.8, 4) is 5.75 Å². The second-order valence-corrected chi connectivity index (χ2v) is 7.36. The van der Waals surface area contributed by atoms with Gasteiger partial charge in [0.25, 0.3) is 5.91 Å². The first-order valence-electron chi connectivity index (χ1n) is 7.90. The van der Waals surface area contributed by atoms with Crippen LogP contribution in [0.3, 0.4) is 0 Å². The molecule has 1 heterocycles. The molecule has 1 saturated heterocycles. The summed E-state index contributed by atoms with van der Waals surface area (Å²) in [7, 11) is -4.62. The molecule has 1 aliphatic heterocycles. The molecule has 0 saturated carbocycles. The van der Waals surface area contributed by atoms with Crippen LogP contribution in [-0.2, 0) is 15.8 Å². The number of nitrogens with zero attached hydrogens (tertiary/aromatic N) is 4. The lowest BCUT2D eigenvalue weighted by Gasteiger charge is -2.15. The molecule has 12 heteroatoms. The molecule has 10 nitrogen and oxygen atoms in total. The minimum absolute atomic E-state index is 0.0278. The van der Waals surface area contributed by atoms with Crippen LogP contribution in [-0.4, -0.2) is 26.8 Å². The average Bonchev–Trinajstić information content (AvgIpc) is 2.90. The second-order valence-electron chi connectivity index (χ2n) is 5.81. The van der Waals surface area contributed by atoms with Crippen molar-refractivity contribution in [3.05, 3.63) is 64.5 Å². The number of hydrogen-bond donors (Lipinski definition) is 3. The van der Waals surface area contributed by atoms with E-state index in [0.717, 1.165) is 5.56 Å². The van der Waals surface area contributed by atoms with E-state index in [1.54, 1.807) is 36.4 Å². The van der Waals surface area contributed by atoms with Gasteiger partial charge in [-0.3, -0.25) is 19.5 Å². The standard InChI is InChI=1S/C16H14N5O5PS/c17-20-19-11-3-5-12(6-4-11)21-15(22)14(18-16(21)28)9-10-1-7-13(8-2-10)26-27(23,24)25/h1-8,14H,9H2,(H,18,28)(H2,23,24,25). The highest BCUT2D eigenvalue weighted by Crippen LogP contribution is 2.37. The van der Waals surface area contributed by atoms with Gasteiger partial charge in [0.05, 0.1) is 5.69 Å². The molecule has 0 spiro atoms. The molecule has 2 aromatic carbocycles. The van der Waals surface area contributed by atoms with Crippen molar-refractivity contribution in [2.24, 2.45) is 5.11 Å². The summed E-state index contributed by atoms with van der Waals surface area (Å²) in [6.07, 6.45) is 0.322. The zero-order valence-corrected chi connectivity index (χ0v) is 15.9. The maximum atomic E-state index is 12.8. The molecule has 0 aromatic heterocycles. The van der Waals surface area contributed by atoms with Gasteiger partial charge in [0, 0.05) is 17.0 Å². The Morgan fingerprint density at radius 3 is 2.43 bits per heavy atom. The van der Waals surface area contributed by atoms with Crippen molar-refractivity contribution < 1.29 is 23.7 Å². The van der Waals surface area contributed by atoms with E-state index in [1.807, 2.05) is 0 Å². The summed E-state index contributed by atoms with van der Waals surface area (Å²) in [5.74, 6) is -0.211. The molecule has 3 rings (SSSR count). The molecule has 1 unspecified atom stereocenters. The molecule has 1 fully saturated rings. The van der Waals surface area contributed by atoms with Crippen LogP contribution in [0.15, 0.2) is 53.6 Å². The Hall–Kier alpha value is -2.94. The molecule has 2 aromatic rings. The van der Waals surface area contributed by atoms with Gasteiger partial charge in [-0.1, -0.05) is 29.4 Å². The van der Waals surface area contributed by atoms with E-state index >= 15 is 0 Å². The molecule has 0 aliphatic carbocycles. The monoisotopic (exact) mass is 419 g/mol. The number of amides is 1. The third-order valence-electron chi connectivity index (χ3n) is 3.87. The Kier molecular flexibility index (Phi) is 5.64. The number of rotatable bonds is 6. The van der Waals surface area contributed by atoms with Crippen molar-refractivity contribution in [1.82, 2.24) is 5.32 Å². The van der Waals surface area contributed by atoms with E-state index in [4.69, 9.17) is 27.5 Å². The van der Waals surface area contributed by atoms with Crippen LogP contribution in [0.4, 0.5) is 11.4 Å².